The molecule has 1 aromatic heterocycles. The van der Waals surface area contributed by atoms with Crippen LogP contribution in [-0.4, -0.2) is 23.9 Å². The average molecular weight is 276 g/mol. The standard InChI is InChI=1S/C15H20N2O3/c1-2-10-16-14(19)15(8-4-3-5-9-15)17-13(18)12-7-6-11-20-12/h2,6-7,11H,1,3-5,8-10H2,(H,16,19)(H,17,18). The quantitative estimate of drug-likeness (QED) is 0.808. The molecule has 1 fully saturated rings. The number of hydrogen-bond acceptors (Lipinski definition) is 3. The fraction of sp³-hybridized carbons (Fsp3) is 0.467. The second-order valence-corrected chi connectivity index (χ2v) is 5.07. The van der Waals surface area contributed by atoms with E-state index in [2.05, 4.69) is 17.2 Å². The van der Waals surface area contributed by atoms with Gasteiger partial charge in [-0.1, -0.05) is 25.3 Å². The van der Waals surface area contributed by atoms with Crippen LogP contribution in [0.3, 0.4) is 0 Å². The Morgan fingerprint density at radius 2 is 2.10 bits per heavy atom. The molecule has 0 bridgehead atoms. The summed E-state index contributed by atoms with van der Waals surface area (Å²) in [5, 5.41) is 5.66. The number of nitrogens with one attached hydrogen (secondary N) is 2. The van der Waals surface area contributed by atoms with E-state index in [-0.39, 0.29) is 17.6 Å². The van der Waals surface area contributed by atoms with Gasteiger partial charge in [0.2, 0.25) is 5.91 Å². The molecule has 0 saturated heterocycles. The zero-order valence-corrected chi connectivity index (χ0v) is 11.5. The van der Waals surface area contributed by atoms with Crippen LogP contribution in [0.1, 0.15) is 42.7 Å². The van der Waals surface area contributed by atoms with E-state index in [9.17, 15) is 9.59 Å². The van der Waals surface area contributed by atoms with Crippen molar-refractivity contribution in [3.05, 3.63) is 36.8 Å². The Morgan fingerprint density at radius 1 is 1.35 bits per heavy atom. The summed E-state index contributed by atoms with van der Waals surface area (Å²) >= 11 is 0. The summed E-state index contributed by atoms with van der Waals surface area (Å²) < 4.78 is 5.08. The third-order valence-electron chi connectivity index (χ3n) is 3.65. The second kappa shape index (κ2) is 6.41. The molecule has 2 N–H and O–H groups in total. The Labute approximate surface area is 118 Å². The van der Waals surface area contributed by atoms with Gasteiger partial charge in [-0.25, -0.2) is 0 Å². The van der Waals surface area contributed by atoms with Gasteiger partial charge in [-0.3, -0.25) is 9.59 Å². The van der Waals surface area contributed by atoms with Crippen LogP contribution >= 0.6 is 0 Å². The van der Waals surface area contributed by atoms with Crippen molar-refractivity contribution in [3.63, 3.8) is 0 Å². The first-order chi connectivity index (χ1) is 9.68. The van der Waals surface area contributed by atoms with Crippen LogP contribution in [0.4, 0.5) is 0 Å². The van der Waals surface area contributed by atoms with Crippen molar-refractivity contribution in [2.24, 2.45) is 0 Å². The average Bonchev–Trinajstić information content (AvgIpc) is 3.00. The smallest absolute Gasteiger partial charge is 0.287 e. The minimum atomic E-state index is -0.828. The lowest BCUT2D eigenvalue weighted by Gasteiger charge is -2.36. The summed E-state index contributed by atoms with van der Waals surface area (Å²) in [7, 11) is 0. The molecular formula is C15H20N2O3. The fourth-order valence-corrected chi connectivity index (χ4v) is 2.58. The Morgan fingerprint density at radius 3 is 2.70 bits per heavy atom. The second-order valence-electron chi connectivity index (χ2n) is 5.07. The lowest BCUT2D eigenvalue weighted by atomic mass is 9.80. The number of rotatable bonds is 5. The topological polar surface area (TPSA) is 71.3 Å². The van der Waals surface area contributed by atoms with E-state index >= 15 is 0 Å². The molecule has 1 saturated carbocycles. The van der Waals surface area contributed by atoms with E-state index in [1.165, 1.54) is 6.26 Å². The summed E-state index contributed by atoms with van der Waals surface area (Å²) in [6.07, 6.45) is 7.33. The van der Waals surface area contributed by atoms with Gasteiger partial charge in [-0.05, 0) is 25.0 Å². The van der Waals surface area contributed by atoms with E-state index in [0.29, 0.717) is 19.4 Å². The highest BCUT2D eigenvalue weighted by Crippen LogP contribution is 2.29. The maximum Gasteiger partial charge on any atom is 0.287 e. The zero-order valence-electron chi connectivity index (χ0n) is 11.5. The van der Waals surface area contributed by atoms with Crippen molar-refractivity contribution in [2.45, 2.75) is 37.6 Å². The summed E-state index contributed by atoms with van der Waals surface area (Å²) in [5.74, 6) is -0.255. The summed E-state index contributed by atoms with van der Waals surface area (Å²) in [6, 6.07) is 3.24. The van der Waals surface area contributed by atoms with Gasteiger partial charge in [0, 0.05) is 6.54 Å². The van der Waals surface area contributed by atoms with E-state index in [1.807, 2.05) is 0 Å². The summed E-state index contributed by atoms with van der Waals surface area (Å²) in [5.41, 5.74) is -0.828. The van der Waals surface area contributed by atoms with Gasteiger partial charge in [0.05, 0.1) is 6.26 Å². The summed E-state index contributed by atoms with van der Waals surface area (Å²) in [6.45, 7) is 3.99. The molecule has 1 aliphatic rings. The van der Waals surface area contributed by atoms with Crippen molar-refractivity contribution < 1.29 is 14.0 Å². The predicted octanol–water partition coefficient (Wildman–Crippen LogP) is 2.01. The molecule has 1 aliphatic carbocycles. The van der Waals surface area contributed by atoms with Crippen LogP contribution in [0.2, 0.25) is 0 Å². The van der Waals surface area contributed by atoms with Crippen LogP contribution in [0, 0.1) is 0 Å². The normalized spacial score (nSPS) is 17.2. The van der Waals surface area contributed by atoms with Crippen LogP contribution in [0.25, 0.3) is 0 Å². The first-order valence-corrected chi connectivity index (χ1v) is 6.93. The van der Waals surface area contributed by atoms with Crippen molar-refractivity contribution in [1.29, 1.82) is 0 Å². The number of amides is 2. The molecule has 108 valence electrons. The van der Waals surface area contributed by atoms with E-state index in [0.717, 1.165) is 19.3 Å². The minimum absolute atomic E-state index is 0.142. The number of furan rings is 1. The van der Waals surface area contributed by atoms with Crippen molar-refractivity contribution in [3.8, 4) is 0 Å². The Balaban J connectivity index is 2.12. The third-order valence-corrected chi connectivity index (χ3v) is 3.65. The molecule has 2 rings (SSSR count). The van der Waals surface area contributed by atoms with Crippen molar-refractivity contribution in [2.75, 3.05) is 6.54 Å². The van der Waals surface area contributed by atoms with Gasteiger partial charge in [0.25, 0.3) is 5.91 Å². The highest BCUT2D eigenvalue weighted by molar-refractivity contribution is 5.97. The van der Waals surface area contributed by atoms with Crippen LogP contribution in [0.5, 0.6) is 0 Å². The predicted molar refractivity (Wildman–Crippen MR) is 75.2 cm³/mol. The molecule has 0 radical (unpaired) electrons. The Hall–Kier alpha value is -2.04. The SMILES string of the molecule is C=CCNC(=O)C1(NC(=O)c2ccco2)CCCCC1. The monoisotopic (exact) mass is 276 g/mol. The Bertz CT molecular complexity index is 473. The van der Waals surface area contributed by atoms with Crippen molar-refractivity contribution in [1.82, 2.24) is 10.6 Å². The molecule has 0 aliphatic heterocycles. The molecule has 2 amide bonds. The molecule has 0 spiro atoms. The van der Waals surface area contributed by atoms with Crippen LogP contribution in [0.15, 0.2) is 35.5 Å². The van der Waals surface area contributed by atoms with Crippen LogP contribution in [-0.2, 0) is 4.79 Å². The molecule has 0 aromatic carbocycles. The molecule has 5 heteroatoms. The maximum atomic E-state index is 12.4. The van der Waals surface area contributed by atoms with E-state index in [4.69, 9.17) is 4.42 Å². The fourth-order valence-electron chi connectivity index (χ4n) is 2.58. The molecule has 1 aromatic rings. The molecule has 20 heavy (non-hydrogen) atoms. The number of carbonyl (C=O) groups excluding carboxylic acids is 2. The van der Waals surface area contributed by atoms with Crippen molar-refractivity contribution >= 4 is 11.8 Å². The Kier molecular flexibility index (Phi) is 4.61. The molecule has 0 unspecified atom stereocenters. The van der Waals surface area contributed by atoms with E-state index < -0.39 is 5.54 Å². The molecule has 1 heterocycles. The van der Waals surface area contributed by atoms with Gasteiger partial charge in [0.15, 0.2) is 5.76 Å². The first-order valence-electron chi connectivity index (χ1n) is 6.93. The number of carbonyl (C=O) groups is 2. The van der Waals surface area contributed by atoms with Gasteiger partial charge < -0.3 is 15.1 Å². The zero-order chi connectivity index (χ0) is 14.4. The van der Waals surface area contributed by atoms with Crippen LogP contribution < -0.4 is 10.6 Å². The molecule has 0 atom stereocenters. The third kappa shape index (κ3) is 3.10. The molecule has 5 nitrogen and oxygen atoms in total. The summed E-state index contributed by atoms with van der Waals surface area (Å²) in [4.78, 5) is 24.5. The highest BCUT2D eigenvalue weighted by Gasteiger charge is 2.41. The van der Waals surface area contributed by atoms with Gasteiger partial charge in [-0.2, -0.15) is 0 Å². The van der Waals surface area contributed by atoms with E-state index in [1.54, 1.807) is 18.2 Å². The van der Waals surface area contributed by atoms with Gasteiger partial charge >= 0.3 is 0 Å². The highest BCUT2D eigenvalue weighted by atomic mass is 16.3. The van der Waals surface area contributed by atoms with Gasteiger partial charge in [-0.15, -0.1) is 6.58 Å². The van der Waals surface area contributed by atoms with Gasteiger partial charge in [0.1, 0.15) is 5.54 Å². The lowest BCUT2D eigenvalue weighted by Crippen LogP contribution is -2.59. The largest absolute Gasteiger partial charge is 0.459 e. The molecular weight excluding hydrogens is 256 g/mol. The number of hydrogen-bond donors (Lipinski definition) is 2. The first kappa shape index (κ1) is 14.4. The maximum absolute atomic E-state index is 12.4. The lowest BCUT2D eigenvalue weighted by molar-refractivity contribution is -0.128. The minimum Gasteiger partial charge on any atom is -0.459 e.